The van der Waals surface area contributed by atoms with Crippen molar-refractivity contribution in [1.29, 1.82) is 0 Å². The molecule has 0 fully saturated rings. The van der Waals surface area contributed by atoms with Crippen LogP contribution in [-0.2, 0) is 5.41 Å². The summed E-state index contributed by atoms with van der Waals surface area (Å²) in [7, 11) is 0. The molecule has 0 spiro atoms. The molecule has 4 rings (SSSR count). The average Bonchev–Trinajstić information content (AvgIpc) is 2.73. The van der Waals surface area contributed by atoms with Gasteiger partial charge in [0.2, 0.25) is 0 Å². The Labute approximate surface area is 185 Å². The number of halogens is 1. The fourth-order valence-corrected chi connectivity index (χ4v) is 3.44. The quantitative estimate of drug-likeness (QED) is 0.394. The van der Waals surface area contributed by atoms with Crippen LogP contribution in [0.3, 0.4) is 0 Å². The predicted octanol–water partition coefficient (Wildman–Crippen LogP) is 6.66. The van der Waals surface area contributed by atoms with E-state index in [1.807, 2.05) is 24.3 Å². The Morgan fingerprint density at radius 1 is 0.903 bits per heavy atom. The lowest BCUT2D eigenvalue weighted by atomic mass is 9.86. The van der Waals surface area contributed by atoms with Crippen molar-refractivity contribution < 1.29 is 9.21 Å². The largest absolute Gasteiger partial charge is 0.456 e. The van der Waals surface area contributed by atoms with Crippen LogP contribution >= 0.6 is 11.6 Å². The van der Waals surface area contributed by atoms with Gasteiger partial charge in [-0.2, -0.15) is 0 Å². The van der Waals surface area contributed by atoms with Gasteiger partial charge in [0.25, 0.3) is 5.91 Å². The molecule has 31 heavy (non-hydrogen) atoms. The lowest BCUT2D eigenvalue weighted by molar-refractivity contribution is 0.102. The van der Waals surface area contributed by atoms with Gasteiger partial charge in [0, 0.05) is 34.0 Å². The Balaban J connectivity index is 1.67. The molecular formula is C26H22ClNO3. The van der Waals surface area contributed by atoms with E-state index in [0.717, 1.165) is 5.56 Å². The first-order chi connectivity index (χ1) is 14.7. The van der Waals surface area contributed by atoms with Crippen LogP contribution in [0, 0.1) is 0 Å². The van der Waals surface area contributed by atoms with Crippen LogP contribution < -0.4 is 10.7 Å². The van der Waals surface area contributed by atoms with Crippen LogP contribution in [0.4, 0.5) is 5.69 Å². The molecule has 0 saturated carbocycles. The molecule has 156 valence electrons. The van der Waals surface area contributed by atoms with Crippen molar-refractivity contribution in [1.82, 2.24) is 0 Å². The van der Waals surface area contributed by atoms with E-state index in [0.29, 0.717) is 33.0 Å². The molecule has 0 atom stereocenters. The molecule has 0 saturated heterocycles. The molecule has 3 aromatic carbocycles. The van der Waals surface area contributed by atoms with E-state index in [-0.39, 0.29) is 16.8 Å². The first-order valence-corrected chi connectivity index (χ1v) is 10.3. The van der Waals surface area contributed by atoms with Gasteiger partial charge in [-0.25, -0.2) is 0 Å². The summed E-state index contributed by atoms with van der Waals surface area (Å²) < 4.78 is 6.03. The fourth-order valence-electron chi connectivity index (χ4n) is 3.31. The Morgan fingerprint density at radius 3 is 2.23 bits per heavy atom. The molecular weight excluding hydrogens is 410 g/mol. The molecule has 1 N–H and O–H groups in total. The van der Waals surface area contributed by atoms with E-state index >= 15 is 0 Å². The van der Waals surface area contributed by atoms with Crippen molar-refractivity contribution >= 4 is 34.2 Å². The first kappa shape index (κ1) is 20.9. The van der Waals surface area contributed by atoms with Gasteiger partial charge in [-0.1, -0.05) is 56.6 Å². The molecule has 4 aromatic rings. The van der Waals surface area contributed by atoms with Crippen LogP contribution in [0.5, 0.6) is 0 Å². The van der Waals surface area contributed by atoms with Crippen LogP contribution in [0.1, 0.15) is 36.7 Å². The number of nitrogens with one attached hydrogen (secondary N) is 1. The topological polar surface area (TPSA) is 59.3 Å². The monoisotopic (exact) mass is 431 g/mol. The molecule has 0 radical (unpaired) electrons. The summed E-state index contributed by atoms with van der Waals surface area (Å²) in [6, 6.07) is 21.1. The Bertz CT molecular complexity index is 1310. The smallest absolute Gasteiger partial charge is 0.255 e. The fraction of sp³-hybridized carbons (Fsp3) is 0.154. The average molecular weight is 432 g/mol. The normalized spacial score (nSPS) is 11.5. The van der Waals surface area contributed by atoms with Gasteiger partial charge in [0.05, 0.1) is 5.39 Å². The number of fused-ring (bicyclic) bond motifs is 1. The SMILES string of the molecule is CC(C)(C)c1ccc(-c2cc(=O)c3ccc(NC(=O)c4ccc(Cl)cc4)cc3o2)cc1. The van der Waals surface area contributed by atoms with Crippen LogP contribution in [0.25, 0.3) is 22.3 Å². The standard InChI is InChI=1S/C26H22ClNO3/c1-26(2,3)18-8-4-16(5-9-18)23-15-22(29)21-13-12-20(14-24(21)31-23)28-25(30)17-6-10-19(27)11-7-17/h4-15H,1-3H3,(H,28,30). The molecule has 0 bridgehead atoms. The number of carbonyl (C=O) groups is 1. The van der Waals surface area contributed by atoms with Gasteiger partial charge in [-0.05, 0) is 47.4 Å². The van der Waals surface area contributed by atoms with Crippen molar-refractivity contribution in [2.24, 2.45) is 0 Å². The lowest BCUT2D eigenvalue weighted by Crippen LogP contribution is -2.12. The summed E-state index contributed by atoms with van der Waals surface area (Å²) in [6.45, 7) is 6.45. The highest BCUT2D eigenvalue weighted by Gasteiger charge is 2.14. The number of benzene rings is 3. The molecule has 1 heterocycles. The third-order valence-corrected chi connectivity index (χ3v) is 5.38. The highest BCUT2D eigenvalue weighted by atomic mass is 35.5. The van der Waals surface area contributed by atoms with Gasteiger partial charge in [-0.15, -0.1) is 0 Å². The van der Waals surface area contributed by atoms with Crippen molar-refractivity contribution in [3.8, 4) is 11.3 Å². The molecule has 4 nitrogen and oxygen atoms in total. The summed E-state index contributed by atoms with van der Waals surface area (Å²) in [5.74, 6) is 0.214. The first-order valence-electron chi connectivity index (χ1n) is 9.96. The van der Waals surface area contributed by atoms with Crippen LogP contribution in [0.2, 0.25) is 5.02 Å². The Morgan fingerprint density at radius 2 is 1.58 bits per heavy atom. The van der Waals surface area contributed by atoms with Gasteiger partial charge in [0.1, 0.15) is 11.3 Å². The summed E-state index contributed by atoms with van der Waals surface area (Å²) in [6.07, 6.45) is 0. The minimum absolute atomic E-state index is 0.0416. The summed E-state index contributed by atoms with van der Waals surface area (Å²) in [4.78, 5) is 25.1. The second-order valence-corrected chi connectivity index (χ2v) is 8.91. The minimum atomic E-state index is -0.271. The molecule has 0 unspecified atom stereocenters. The molecule has 0 aliphatic heterocycles. The van der Waals surface area contributed by atoms with Crippen molar-refractivity contribution in [3.05, 3.63) is 99.2 Å². The molecule has 1 amide bonds. The third-order valence-electron chi connectivity index (χ3n) is 5.13. The van der Waals surface area contributed by atoms with Gasteiger partial charge in [0.15, 0.2) is 5.43 Å². The van der Waals surface area contributed by atoms with Crippen molar-refractivity contribution in [3.63, 3.8) is 0 Å². The maximum atomic E-state index is 12.6. The van der Waals surface area contributed by atoms with Crippen LogP contribution in [0.15, 0.2) is 82.0 Å². The molecule has 0 aliphatic carbocycles. The highest BCUT2D eigenvalue weighted by Crippen LogP contribution is 2.28. The lowest BCUT2D eigenvalue weighted by Gasteiger charge is -2.19. The van der Waals surface area contributed by atoms with E-state index in [1.54, 1.807) is 42.5 Å². The molecule has 1 aromatic heterocycles. The maximum absolute atomic E-state index is 12.6. The molecule has 0 aliphatic rings. The minimum Gasteiger partial charge on any atom is -0.456 e. The number of rotatable bonds is 3. The van der Waals surface area contributed by atoms with E-state index < -0.39 is 0 Å². The Kier molecular flexibility index (Phi) is 5.42. The second kappa shape index (κ2) is 8.05. The van der Waals surface area contributed by atoms with Crippen molar-refractivity contribution in [2.75, 3.05) is 5.32 Å². The van der Waals surface area contributed by atoms with Gasteiger partial charge >= 0.3 is 0 Å². The number of hydrogen-bond acceptors (Lipinski definition) is 3. The van der Waals surface area contributed by atoms with Gasteiger partial charge < -0.3 is 9.73 Å². The zero-order valence-electron chi connectivity index (χ0n) is 17.5. The zero-order valence-corrected chi connectivity index (χ0v) is 18.3. The summed E-state index contributed by atoms with van der Waals surface area (Å²) in [5.41, 5.74) is 3.37. The highest BCUT2D eigenvalue weighted by molar-refractivity contribution is 6.30. The number of anilines is 1. The summed E-state index contributed by atoms with van der Waals surface area (Å²) >= 11 is 5.88. The predicted molar refractivity (Wildman–Crippen MR) is 126 cm³/mol. The van der Waals surface area contributed by atoms with E-state index in [9.17, 15) is 9.59 Å². The van der Waals surface area contributed by atoms with E-state index in [1.165, 1.54) is 11.6 Å². The summed E-state index contributed by atoms with van der Waals surface area (Å²) in [5, 5.41) is 3.85. The number of amides is 1. The molecule has 5 heteroatoms. The van der Waals surface area contributed by atoms with E-state index in [2.05, 4.69) is 26.1 Å². The van der Waals surface area contributed by atoms with Gasteiger partial charge in [-0.3, -0.25) is 9.59 Å². The van der Waals surface area contributed by atoms with Crippen LogP contribution in [-0.4, -0.2) is 5.91 Å². The Hall–Kier alpha value is -3.37. The van der Waals surface area contributed by atoms with Crippen molar-refractivity contribution in [2.45, 2.75) is 26.2 Å². The number of hydrogen-bond donors (Lipinski definition) is 1. The third kappa shape index (κ3) is 4.54. The zero-order chi connectivity index (χ0) is 22.2. The maximum Gasteiger partial charge on any atom is 0.255 e. The number of carbonyl (C=O) groups excluding carboxylic acids is 1. The second-order valence-electron chi connectivity index (χ2n) is 8.47. The van der Waals surface area contributed by atoms with E-state index in [4.69, 9.17) is 16.0 Å².